The van der Waals surface area contributed by atoms with E-state index < -0.39 is 23.7 Å². The number of ether oxygens (including phenoxy) is 1. The molecule has 3 rings (SSSR count). The van der Waals surface area contributed by atoms with Gasteiger partial charge in [-0.1, -0.05) is 59.6 Å². The van der Waals surface area contributed by atoms with Gasteiger partial charge >= 0.3 is 5.97 Å². The van der Waals surface area contributed by atoms with Gasteiger partial charge in [-0.15, -0.1) is 11.8 Å². The predicted molar refractivity (Wildman–Crippen MR) is 113 cm³/mol. The molecule has 1 N–H and O–H groups in total. The topological polar surface area (TPSA) is 79.2 Å². The molecule has 1 amide bonds. The van der Waals surface area contributed by atoms with Crippen LogP contribution in [0.4, 0.5) is 0 Å². The number of hydrogen-bond donors (Lipinski definition) is 1. The molecule has 0 aliphatic carbocycles. The van der Waals surface area contributed by atoms with Gasteiger partial charge in [-0.25, -0.2) is 0 Å². The Balaban J connectivity index is 1.99. The number of benzene rings is 2. The van der Waals surface area contributed by atoms with E-state index in [4.69, 9.17) is 27.9 Å². The number of allylic oxidation sites excluding steroid dienone is 1. The van der Waals surface area contributed by atoms with Crippen LogP contribution in [0, 0.1) is 17.2 Å². The number of carbonyl (C=O) groups excluding carboxylic acids is 2. The third-order valence-electron chi connectivity index (χ3n) is 4.51. The highest BCUT2D eigenvalue weighted by atomic mass is 35.5. The number of thioether (sulfide) groups is 1. The van der Waals surface area contributed by atoms with Crippen molar-refractivity contribution in [3.63, 3.8) is 0 Å². The molecule has 0 bridgehead atoms. The first-order valence-corrected chi connectivity index (χ1v) is 10.3. The Bertz CT molecular complexity index is 1020. The zero-order valence-corrected chi connectivity index (χ0v) is 17.6. The number of methoxy groups -OCH3 is 1. The maximum atomic E-state index is 12.8. The molecule has 5 nitrogen and oxygen atoms in total. The fraction of sp³-hybridized carbons (Fsp3) is 0.190. The zero-order valence-electron chi connectivity index (χ0n) is 15.3. The number of amides is 1. The van der Waals surface area contributed by atoms with Gasteiger partial charge < -0.3 is 10.1 Å². The van der Waals surface area contributed by atoms with Crippen molar-refractivity contribution in [2.75, 3.05) is 7.11 Å². The second-order valence-electron chi connectivity index (χ2n) is 6.27. The van der Waals surface area contributed by atoms with Gasteiger partial charge in [-0.3, -0.25) is 9.59 Å². The normalized spacial score (nSPS) is 18.8. The number of rotatable bonds is 5. The van der Waals surface area contributed by atoms with Gasteiger partial charge in [-0.05, 0) is 23.3 Å². The second kappa shape index (κ2) is 9.36. The minimum absolute atomic E-state index is 0.316. The molecular weight excluding hydrogens is 431 g/mol. The lowest BCUT2D eigenvalue weighted by Crippen LogP contribution is -2.44. The van der Waals surface area contributed by atoms with E-state index in [1.54, 1.807) is 36.4 Å². The molecule has 0 saturated carbocycles. The second-order valence-corrected chi connectivity index (χ2v) is 8.07. The monoisotopic (exact) mass is 446 g/mol. The first-order valence-electron chi connectivity index (χ1n) is 8.61. The average molecular weight is 447 g/mol. The molecule has 0 fully saturated rings. The van der Waals surface area contributed by atoms with Crippen LogP contribution in [0.25, 0.3) is 0 Å². The van der Waals surface area contributed by atoms with Crippen LogP contribution in [0.3, 0.4) is 0 Å². The molecule has 0 unspecified atom stereocenters. The van der Waals surface area contributed by atoms with E-state index in [2.05, 4.69) is 11.4 Å². The summed E-state index contributed by atoms with van der Waals surface area (Å²) in [6.45, 7) is 0. The molecule has 1 aliphatic rings. The minimum Gasteiger partial charge on any atom is -0.468 e. The van der Waals surface area contributed by atoms with Crippen molar-refractivity contribution < 1.29 is 14.3 Å². The lowest BCUT2D eigenvalue weighted by Gasteiger charge is -2.31. The summed E-state index contributed by atoms with van der Waals surface area (Å²) < 4.78 is 4.83. The van der Waals surface area contributed by atoms with E-state index in [0.29, 0.717) is 32.0 Å². The number of nitriles is 1. The van der Waals surface area contributed by atoms with E-state index in [1.165, 1.54) is 18.9 Å². The van der Waals surface area contributed by atoms with Crippen LogP contribution in [0.2, 0.25) is 10.0 Å². The summed E-state index contributed by atoms with van der Waals surface area (Å²) in [7, 11) is 1.22. The summed E-state index contributed by atoms with van der Waals surface area (Å²) in [5, 5.41) is 13.9. The number of nitrogens with zero attached hydrogens (tertiary/aromatic N) is 1. The third kappa shape index (κ3) is 4.59. The molecule has 2 aromatic carbocycles. The van der Waals surface area contributed by atoms with Crippen molar-refractivity contribution in [3.05, 3.63) is 80.3 Å². The number of carbonyl (C=O) groups is 2. The fourth-order valence-corrected chi connectivity index (χ4v) is 4.44. The lowest BCUT2D eigenvalue weighted by atomic mass is 9.78. The maximum absolute atomic E-state index is 12.8. The van der Waals surface area contributed by atoms with Gasteiger partial charge in [0, 0.05) is 11.7 Å². The van der Waals surface area contributed by atoms with Crippen molar-refractivity contribution in [3.8, 4) is 6.07 Å². The molecule has 0 spiro atoms. The Morgan fingerprint density at radius 1 is 1.21 bits per heavy atom. The highest BCUT2D eigenvalue weighted by Gasteiger charge is 2.44. The standard InChI is InChI=1S/C21H16Cl2N2O3S/c1-28-21(27)18-17(13-5-3-2-4-6-13)14(10-24)20(25-19(18)26)29-11-12-7-8-15(22)16(23)9-12/h2-9,17-18H,11H2,1H3,(H,25,26)/t17-,18+/m1/s1. The van der Waals surface area contributed by atoms with E-state index in [0.717, 1.165) is 5.56 Å². The van der Waals surface area contributed by atoms with Crippen LogP contribution in [0.1, 0.15) is 17.0 Å². The van der Waals surface area contributed by atoms with Crippen molar-refractivity contribution in [1.82, 2.24) is 5.32 Å². The molecule has 0 radical (unpaired) electrons. The number of esters is 1. The van der Waals surface area contributed by atoms with Crippen molar-refractivity contribution in [1.29, 1.82) is 5.26 Å². The van der Waals surface area contributed by atoms with E-state index in [-0.39, 0.29) is 0 Å². The fourth-order valence-electron chi connectivity index (χ4n) is 3.12. The molecule has 29 heavy (non-hydrogen) atoms. The Labute approximate surface area is 182 Å². The summed E-state index contributed by atoms with van der Waals surface area (Å²) in [6.07, 6.45) is 0. The number of hydrogen-bond acceptors (Lipinski definition) is 5. The summed E-state index contributed by atoms with van der Waals surface area (Å²) in [4.78, 5) is 25.1. The molecular formula is C21H16Cl2N2O3S. The van der Waals surface area contributed by atoms with Crippen LogP contribution >= 0.6 is 35.0 Å². The number of halogens is 2. The summed E-state index contributed by atoms with van der Waals surface area (Å²) >= 11 is 13.3. The first kappa shape index (κ1) is 21.3. The highest BCUT2D eigenvalue weighted by Crippen LogP contribution is 2.40. The van der Waals surface area contributed by atoms with Crippen LogP contribution in [-0.2, 0) is 20.1 Å². The quantitative estimate of drug-likeness (QED) is 0.533. The summed E-state index contributed by atoms with van der Waals surface area (Å²) in [5.74, 6) is -2.58. The minimum atomic E-state index is -1.13. The number of nitrogens with one attached hydrogen (secondary N) is 1. The smallest absolute Gasteiger partial charge is 0.319 e. The first-order chi connectivity index (χ1) is 14.0. The van der Waals surface area contributed by atoms with Crippen molar-refractivity contribution in [2.24, 2.45) is 5.92 Å². The molecule has 2 atom stereocenters. The lowest BCUT2D eigenvalue weighted by molar-refractivity contribution is -0.150. The summed E-state index contributed by atoms with van der Waals surface area (Å²) in [6, 6.07) is 16.4. The average Bonchev–Trinajstić information content (AvgIpc) is 2.74. The Kier molecular flexibility index (Phi) is 6.86. The molecule has 1 heterocycles. The SMILES string of the molecule is COC(=O)[C@@H]1C(=O)NC(SCc2ccc(Cl)c(Cl)c2)=C(C#N)[C@H]1c1ccccc1. The van der Waals surface area contributed by atoms with E-state index in [1.807, 2.05) is 12.1 Å². The Morgan fingerprint density at radius 2 is 1.93 bits per heavy atom. The molecule has 148 valence electrons. The highest BCUT2D eigenvalue weighted by molar-refractivity contribution is 8.02. The molecule has 0 saturated heterocycles. The van der Waals surface area contributed by atoms with Crippen LogP contribution in [0.5, 0.6) is 0 Å². The summed E-state index contributed by atoms with van der Waals surface area (Å²) in [5.41, 5.74) is 1.90. The Hall–Kier alpha value is -2.46. The largest absolute Gasteiger partial charge is 0.468 e. The van der Waals surface area contributed by atoms with Crippen molar-refractivity contribution >= 4 is 46.8 Å². The van der Waals surface area contributed by atoms with E-state index in [9.17, 15) is 14.9 Å². The maximum Gasteiger partial charge on any atom is 0.319 e. The van der Waals surface area contributed by atoms with Crippen LogP contribution < -0.4 is 5.32 Å². The Morgan fingerprint density at radius 3 is 2.55 bits per heavy atom. The van der Waals surface area contributed by atoms with Gasteiger partial charge in [0.1, 0.15) is 5.92 Å². The zero-order chi connectivity index (χ0) is 21.0. The molecule has 1 aliphatic heterocycles. The molecule has 0 aromatic heterocycles. The van der Waals surface area contributed by atoms with E-state index >= 15 is 0 Å². The molecule has 2 aromatic rings. The van der Waals surface area contributed by atoms with Gasteiger partial charge in [0.05, 0.1) is 33.8 Å². The van der Waals surface area contributed by atoms with Gasteiger partial charge in [0.2, 0.25) is 5.91 Å². The van der Waals surface area contributed by atoms with Crippen LogP contribution in [-0.4, -0.2) is 19.0 Å². The predicted octanol–water partition coefficient (Wildman–Crippen LogP) is 4.66. The van der Waals surface area contributed by atoms with Gasteiger partial charge in [-0.2, -0.15) is 5.26 Å². The van der Waals surface area contributed by atoms with Gasteiger partial charge in [0.25, 0.3) is 0 Å². The van der Waals surface area contributed by atoms with Gasteiger partial charge in [0.15, 0.2) is 0 Å². The third-order valence-corrected chi connectivity index (χ3v) is 6.34. The molecule has 8 heteroatoms. The van der Waals surface area contributed by atoms with Crippen LogP contribution in [0.15, 0.2) is 59.1 Å². The van der Waals surface area contributed by atoms with Crippen molar-refractivity contribution in [2.45, 2.75) is 11.7 Å².